The van der Waals surface area contributed by atoms with Crippen molar-refractivity contribution < 1.29 is 17.9 Å². The molecule has 2 aromatic carbocycles. The number of nitrogens with zero attached hydrogens (tertiary/aromatic N) is 3. The van der Waals surface area contributed by atoms with Crippen LogP contribution < -0.4 is 5.32 Å². The van der Waals surface area contributed by atoms with Gasteiger partial charge in [-0.15, -0.1) is 0 Å². The molecule has 1 amide bonds. The number of nitrogens with one attached hydrogen (secondary N) is 1. The van der Waals surface area contributed by atoms with Crippen LogP contribution in [0.3, 0.4) is 0 Å². The molecular weight excluding hydrogens is 416 g/mol. The van der Waals surface area contributed by atoms with Gasteiger partial charge in [0.25, 0.3) is 5.91 Å². The molecule has 0 radical (unpaired) electrons. The van der Waals surface area contributed by atoms with Gasteiger partial charge >= 0.3 is 0 Å². The van der Waals surface area contributed by atoms with E-state index in [1.54, 1.807) is 36.8 Å². The van der Waals surface area contributed by atoms with E-state index in [4.69, 9.17) is 4.74 Å². The van der Waals surface area contributed by atoms with Crippen LogP contribution in [0.2, 0.25) is 0 Å². The van der Waals surface area contributed by atoms with Crippen molar-refractivity contribution in [2.24, 2.45) is 0 Å². The normalized spacial score (nSPS) is 15.0. The number of rotatable bonds is 7. The molecule has 9 heteroatoms. The van der Waals surface area contributed by atoms with Gasteiger partial charge in [-0.25, -0.2) is 13.4 Å². The second kappa shape index (κ2) is 9.42. The van der Waals surface area contributed by atoms with Crippen molar-refractivity contribution in [1.82, 2.24) is 19.2 Å². The molecule has 2 heterocycles. The number of hydrogen-bond donors (Lipinski definition) is 1. The van der Waals surface area contributed by atoms with E-state index in [1.807, 2.05) is 35.0 Å². The number of imidazole rings is 1. The largest absolute Gasteiger partial charge is 0.379 e. The van der Waals surface area contributed by atoms with Gasteiger partial charge in [0, 0.05) is 37.6 Å². The average molecular weight is 441 g/mol. The Bertz CT molecular complexity index is 1120. The molecule has 0 spiro atoms. The Balaban J connectivity index is 1.38. The fourth-order valence-electron chi connectivity index (χ4n) is 3.47. The van der Waals surface area contributed by atoms with Gasteiger partial charge in [-0.1, -0.05) is 30.3 Å². The lowest BCUT2D eigenvalue weighted by molar-refractivity contribution is 0.0729. The van der Waals surface area contributed by atoms with Gasteiger partial charge in [0.1, 0.15) is 0 Å². The average Bonchev–Trinajstić information content (AvgIpc) is 3.33. The highest BCUT2D eigenvalue weighted by Crippen LogP contribution is 2.16. The maximum absolute atomic E-state index is 12.6. The molecule has 1 aromatic heterocycles. The van der Waals surface area contributed by atoms with Gasteiger partial charge in [-0.3, -0.25) is 4.79 Å². The van der Waals surface area contributed by atoms with Crippen molar-refractivity contribution in [3.63, 3.8) is 0 Å². The molecule has 0 aliphatic carbocycles. The first kappa shape index (κ1) is 21.2. The Hall–Kier alpha value is -3.01. The maximum Gasteiger partial charge on any atom is 0.251 e. The maximum atomic E-state index is 12.6. The van der Waals surface area contributed by atoms with Crippen molar-refractivity contribution >= 4 is 15.9 Å². The van der Waals surface area contributed by atoms with Crippen LogP contribution in [-0.4, -0.2) is 54.5 Å². The fraction of sp³-hybridized carbons (Fsp3) is 0.273. The van der Waals surface area contributed by atoms with Gasteiger partial charge in [-0.2, -0.15) is 4.31 Å². The second-order valence-electron chi connectivity index (χ2n) is 7.25. The molecule has 0 saturated carbocycles. The van der Waals surface area contributed by atoms with Gasteiger partial charge in [0.2, 0.25) is 10.0 Å². The molecular formula is C22H24N4O4S. The van der Waals surface area contributed by atoms with Crippen LogP contribution in [0.1, 0.15) is 21.5 Å². The Morgan fingerprint density at radius 2 is 1.81 bits per heavy atom. The first-order chi connectivity index (χ1) is 15.0. The number of benzene rings is 2. The summed E-state index contributed by atoms with van der Waals surface area (Å²) < 4.78 is 33.7. The summed E-state index contributed by atoms with van der Waals surface area (Å²) in [5.41, 5.74) is 3.03. The third-order valence-electron chi connectivity index (χ3n) is 5.14. The number of aromatic nitrogens is 2. The summed E-state index contributed by atoms with van der Waals surface area (Å²) in [6, 6.07) is 14.5. The van der Waals surface area contributed by atoms with Crippen molar-refractivity contribution in [1.29, 1.82) is 0 Å². The Labute approximate surface area is 181 Å². The van der Waals surface area contributed by atoms with Gasteiger partial charge in [-0.05, 0) is 29.3 Å². The van der Waals surface area contributed by atoms with Crippen LogP contribution in [0.5, 0.6) is 0 Å². The molecule has 1 saturated heterocycles. The number of morpholine rings is 1. The lowest BCUT2D eigenvalue weighted by Crippen LogP contribution is -2.41. The van der Waals surface area contributed by atoms with E-state index >= 15 is 0 Å². The van der Waals surface area contributed by atoms with E-state index in [-0.39, 0.29) is 11.7 Å². The van der Waals surface area contributed by atoms with Crippen molar-refractivity contribution in [2.75, 3.05) is 26.3 Å². The Morgan fingerprint density at radius 3 is 2.52 bits per heavy atom. The highest BCUT2D eigenvalue weighted by Gasteiger charge is 2.24. The molecule has 3 aromatic rings. The minimum atomic E-state index is -3.40. The first-order valence-corrected chi connectivity index (χ1v) is 11.6. The van der Waals surface area contributed by atoms with Crippen LogP contribution >= 0.6 is 0 Å². The smallest absolute Gasteiger partial charge is 0.251 e. The zero-order valence-electron chi connectivity index (χ0n) is 17.0. The number of carbonyl (C=O) groups excluding carboxylic acids is 1. The predicted octanol–water partition coefficient (Wildman–Crippen LogP) is 1.96. The van der Waals surface area contributed by atoms with E-state index in [0.29, 0.717) is 44.0 Å². The van der Waals surface area contributed by atoms with E-state index in [1.165, 1.54) is 4.31 Å². The number of para-hydroxylation sites is 1. The lowest BCUT2D eigenvalue weighted by atomic mass is 10.1. The second-order valence-corrected chi connectivity index (χ2v) is 9.21. The molecule has 1 fully saturated rings. The highest BCUT2D eigenvalue weighted by atomic mass is 32.2. The summed E-state index contributed by atoms with van der Waals surface area (Å²) in [6.45, 7) is 1.96. The summed E-state index contributed by atoms with van der Waals surface area (Å²) in [5.74, 6) is -0.310. The molecule has 8 nitrogen and oxygen atoms in total. The molecule has 0 bridgehead atoms. The van der Waals surface area contributed by atoms with Crippen LogP contribution in [0.4, 0.5) is 0 Å². The summed E-state index contributed by atoms with van der Waals surface area (Å²) in [6.07, 6.45) is 5.27. The SMILES string of the molecule is O=C(NCc1ccccc1-n1ccnc1)c1ccc(CS(=O)(=O)N2CCOCC2)cc1. The third kappa shape index (κ3) is 5.19. The van der Waals surface area contributed by atoms with Crippen molar-refractivity contribution in [3.05, 3.63) is 83.9 Å². The van der Waals surface area contributed by atoms with Crippen LogP contribution in [0.25, 0.3) is 5.69 Å². The Kier molecular flexibility index (Phi) is 6.45. The molecule has 162 valence electrons. The summed E-state index contributed by atoms with van der Waals surface area (Å²) in [5, 5.41) is 2.92. The zero-order chi connectivity index (χ0) is 21.7. The number of hydrogen-bond acceptors (Lipinski definition) is 5. The van der Waals surface area contributed by atoms with E-state index in [0.717, 1.165) is 11.3 Å². The zero-order valence-corrected chi connectivity index (χ0v) is 17.8. The monoisotopic (exact) mass is 440 g/mol. The predicted molar refractivity (Wildman–Crippen MR) is 116 cm³/mol. The topological polar surface area (TPSA) is 93.5 Å². The summed E-state index contributed by atoms with van der Waals surface area (Å²) >= 11 is 0. The van der Waals surface area contributed by atoms with Crippen molar-refractivity contribution in [2.45, 2.75) is 12.3 Å². The molecule has 1 N–H and O–H groups in total. The number of carbonyl (C=O) groups is 1. The Morgan fingerprint density at radius 1 is 1.06 bits per heavy atom. The summed E-state index contributed by atoms with van der Waals surface area (Å²) in [4.78, 5) is 16.7. The molecule has 1 aliphatic heterocycles. The van der Waals surface area contributed by atoms with Gasteiger partial charge in [0.15, 0.2) is 0 Å². The minimum Gasteiger partial charge on any atom is -0.379 e. The molecule has 0 atom stereocenters. The quantitative estimate of drug-likeness (QED) is 0.606. The van der Waals surface area contributed by atoms with Gasteiger partial charge in [0.05, 0.1) is 31.0 Å². The van der Waals surface area contributed by atoms with Crippen LogP contribution in [0.15, 0.2) is 67.3 Å². The van der Waals surface area contributed by atoms with E-state index < -0.39 is 10.0 Å². The minimum absolute atomic E-state index is 0.0901. The van der Waals surface area contributed by atoms with Crippen LogP contribution in [-0.2, 0) is 27.1 Å². The molecule has 0 unspecified atom stereocenters. The highest BCUT2D eigenvalue weighted by molar-refractivity contribution is 7.88. The lowest BCUT2D eigenvalue weighted by Gasteiger charge is -2.26. The standard InChI is InChI=1S/C22H24N4O4S/c27-22(24-15-20-3-1-2-4-21(20)25-10-9-23-17-25)19-7-5-18(6-8-19)16-31(28,29)26-11-13-30-14-12-26/h1-10,17H,11-16H2,(H,24,27). The molecule has 4 rings (SSSR count). The van der Waals surface area contributed by atoms with Crippen molar-refractivity contribution in [3.8, 4) is 5.69 Å². The number of ether oxygens (including phenoxy) is 1. The van der Waals surface area contributed by atoms with Crippen LogP contribution in [0, 0.1) is 0 Å². The first-order valence-electron chi connectivity index (χ1n) is 10.0. The van der Waals surface area contributed by atoms with E-state index in [2.05, 4.69) is 10.3 Å². The van der Waals surface area contributed by atoms with E-state index in [9.17, 15) is 13.2 Å². The van der Waals surface area contributed by atoms with Gasteiger partial charge < -0.3 is 14.6 Å². The molecule has 1 aliphatic rings. The molecule has 31 heavy (non-hydrogen) atoms. The fourth-order valence-corrected chi connectivity index (χ4v) is 4.97. The number of sulfonamides is 1. The summed E-state index contributed by atoms with van der Waals surface area (Å²) in [7, 11) is -3.40. The number of amides is 1. The third-order valence-corrected chi connectivity index (χ3v) is 6.99.